The molecule has 3 atom stereocenters. The number of carboxylic acids is 1. The zero-order valence-corrected chi connectivity index (χ0v) is 25.8. The van der Waals surface area contributed by atoms with Crippen molar-refractivity contribution in [2.24, 2.45) is 17.3 Å². The Kier molecular flexibility index (Phi) is 12.0. The third kappa shape index (κ3) is 8.20. The molecule has 2 rings (SSSR count). The number of carbonyl (C=O) groups excluding carboxylic acids is 3. The summed E-state index contributed by atoms with van der Waals surface area (Å²) in [4.78, 5) is 54.6. The number of aliphatic carboxylic acids is 1. The monoisotopic (exact) mass is 579 g/mol. The van der Waals surface area contributed by atoms with Crippen molar-refractivity contribution in [2.45, 2.75) is 52.7 Å². The number of fused-ring (bicyclic) bond motifs is 1. The number of β-lactam (4-membered cyclic amide) rings is 1. The van der Waals surface area contributed by atoms with E-state index in [0.29, 0.717) is 18.6 Å². The minimum absolute atomic E-state index is 0.00240. The van der Waals surface area contributed by atoms with Crippen molar-refractivity contribution in [3.63, 3.8) is 0 Å². The Morgan fingerprint density at radius 3 is 2.23 bits per heavy atom. The highest BCUT2D eigenvalue weighted by molar-refractivity contribution is 6.48. The number of hydrogen-bond acceptors (Lipinski definition) is 7. The third-order valence-corrected chi connectivity index (χ3v) is 8.12. The van der Waals surface area contributed by atoms with Gasteiger partial charge in [-0.25, -0.2) is 14.4 Å². The highest BCUT2D eigenvalue weighted by atomic mass is 28.3. The fourth-order valence-corrected chi connectivity index (χ4v) is 5.66. The van der Waals surface area contributed by atoms with Crippen LogP contribution in [0.15, 0.2) is 36.6 Å². The number of ether oxygens (including phenoxy) is 2. The molecule has 2 aliphatic heterocycles. The summed E-state index contributed by atoms with van der Waals surface area (Å²) >= 11 is 0. The Bertz CT molecular complexity index is 1010. The predicted molar refractivity (Wildman–Crippen MR) is 153 cm³/mol. The normalized spacial score (nSPS) is 19.1. The van der Waals surface area contributed by atoms with Gasteiger partial charge >= 0.3 is 18.2 Å². The maximum absolute atomic E-state index is 13.4. The van der Waals surface area contributed by atoms with E-state index in [0.717, 1.165) is 0 Å². The summed E-state index contributed by atoms with van der Waals surface area (Å²) in [5, 5.41) is 10.0. The Balaban J connectivity index is 2.18. The molecule has 1 fully saturated rings. The van der Waals surface area contributed by atoms with Crippen molar-refractivity contribution >= 4 is 33.1 Å². The van der Waals surface area contributed by atoms with Gasteiger partial charge in [-0.05, 0) is 42.8 Å². The van der Waals surface area contributed by atoms with Gasteiger partial charge in [-0.15, -0.1) is 0 Å². The summed E-state index contributed by atoms with van der Waals surface area (Å²) in [7, 11) is 0.243. The Morgan fingerprint density at radius 2 is 1.70 bits per heavy atom. The van der Waals surface area contributed by atoms with Crippen molar-refractivity contribution in [1.82, 2.24) is 14.7 Å². The van der Waals surface area contributed by atoms with Crippen LogP contribution in [0.3, 0.4) is 0 Å². The molecule has 0 bridgehead atoms. The molecule has 0 aromatic heterocycles. The minimum atomic E-state index is -1.31. The van der Waals surface area contributed by atoms with Gasteiger partial charge in [-0.1, -0.05) is 46.1 Å². The van der Waals surface area contributed by atoms with E-state index in [1.807, 2.05) is 0 Å². The Labute approximate surface area is 239 Å². The van der Waals surface area contributed by atoms with Gasteiger partial charge in [0.15, 0.2) is 9.04 Å². The van der Waals surface area contributed by atoms with Crippen LogP contribution in [0.4, 0.5) is 9.59 Å². The second-order valence-corrected chi connectivity index (χ2v) is 13.9. The molecule has 1 saturated heterocycles. The molecule has 0 aromatic rings. The lowest BCUT2D eigenvalue weighted by Gasteiger charge is -2.50. The topological polar surface area (TPSA) is 126 Å². The first-order valence-corrected chi connectivity index (χ1v) is 16.4. The summed E-state index contributed by atoms with van der Waals surface area (Å²) in [5.74, 6) is -1.73. The molecule has 2 heterocycles. The molecule has 2 aliphatic rings. The average Bonchev–Trinajstić information content (AvgIpc) is 3.22. The van der Waals surface area contributed by atoms with E-state index < -0.39 is 27.2 Å². The number of hydrogen-bond donors (Lipinski definition) is 1. The van der Waals surface area contributed by atoms with Crippen molar-refractivity contribution in [3.8, 4) is 0 Å². The van der Waals surface area contributed by atoms with Crippen LogP contribution >= 0.6 is 0 Å². The summed E-state index contributed by atoms with van der Waals surface area (Å²) in [6, 6.07) is -0.248. The molecule has 1 N–H and O–H groups in total. The average molecular weight is 580 g/mol. The molecule has 0 saturated carbocycles. The zero-order valence-electron chi connectivity index (χ0n) is 24.7. The van der Waals surface area contributed by atoms with Gasteiger partial charge in [0.25, 0.3) is 0 Å². The lowest BCUT2D eigenvalue weighted by molar-refractivity contribution is -0.162. The van der Waals surface area contributed by atoms with Crippen LogP contribution in [0.1, 0.15) is 33.6 Å². The first-order valence-electron chi connectivity index (χ1n) is 13.7. The highest BCUT2D eigenvalue weighted by Gasteiger charge is 2.59. The van der Waals surface area contributed by atoms with Gasteiger partial charge < -0.3 is 33.7 Å². The number of amides is 3. The van der Waals surface area contributed by atoms with Crippen molar-refractivity contribution in [1.29, 1.82) is 0 Å². The number of rotatable bonds is 15. The molecule has 0 aromatic carbocycles. The largest absolute Gasteiger partial charge is 0.477 e. The quantitative estimate of drug-likeness (QED) is 0.178. The van der Waals surface area contributed by atoms with Crippen LogP contribution in [-0.2, 0) is 23.5 Å². The summed E-state index contributed by atoms with van der Waals surface area (Å²) in [6.45, 7) is 18.5. The van der Waals surface area contributed by atoms with Crippen LogP contribution < -0.4 is 0 Å². The molecule has 12 heteroatoms. The smallest absolute Gasteiger partial charge is 0.410 e. The summed E-state index contributed by atoms with van der Waals surface area (Å²) < 4.78 is 16.3. The fraction of sp³-hybridized carbons (Fsp3) is 0.643. The van der Waals surface area contributed by atoms with E-state index in [4.69, 9.17) is 13.9 Å². The highest BCUT2D eigenvalue weighted by Crippen LogP contribution is 2.50. The van der Waals surface area contributed by atoms with Crippen molar-refractivity contribution < 1.29 is 38.2 Å². The third-order valence-electron chi connectivity index (χ3n) is 7.27. The number of carbonyl (C=O) groups is 4. The standard InChI is InChI=1S/C28H45N3O8Si/c1-9-15-37-26(35)29(6)13-14-30(27(36)38-16-10-2)12-11-19-17-21-22(24(32)31(21)23(19)25(33)34)20(28(3,4)5)18-39-40(7)8/h9-10,20-22,40H,1-2,11-18H2,3-8H3,(H,33,34)/t20-,21-,22+/m1/s1. The molecular weight excluding hydrogens is 534 g/mol. The van der Waals surface area contributed by atoms with Gasteiger partial charge in [-0.3, -0.25) is 4.79 Å². The van der Waals surface area contributed by atoms with Gasteiger partial charge in [0, 0.05) is 33.3 Å². The molecule has 0 spiro atoms. The lowest BCUT2D eigenvalue weighted by Crippen LogP contribution is -2.63. The lowest BCUT2D eigenvalue weighted by atomic mass is 9.66. The SMILES string of the molecule is C=CCOC(=O)N(C)CCN(CCC1=C(C(=O)O)N2C(=O)[C@@H]([C@@H](CO[SiH](C)C)C(C)(C)C)[C@H]2C1)C(=O)OCC=C. The van der Waals surface area contributed by atoms with Crippen LogP contribution in [-0.4, -0.2) is 105 Å². The maximum Gasteiger partial charge on any atom is 0.410 e. The van der Waals surface area contributed by atoms with Gasteiger partial charge in [0.2, 0.25) is 5.91 Å². The van der Waals surface area contributed by atoms with E-state index in [-0.39, 0.29) is 74.2 Å². The minimum Gasteiger partial charge on any atom is -0.477 e. The molecular formula is C28H45N3O8Si. The second-order valence-electron chi connectivity index (χ2n) is 11.5. The van der Waals surface area contributed by atoms with Crippen molar-refractivity contribution in [2.75, 3.05) is 46.5 Å². The number of likely N-dealkylation sites (N-methyl/N-ethyl adjacent to an activating group) is 1. The summed E-state index contributed by atoms with van der Waals surface area (Å²) in [6.07, 6.45) is 2.41. The first-order chi connectivity index (χ1) is 18.7. The zero-order chi connectivity index (χ0) is 30.2. The number of carboxylic acid groups (broad SMARTS) is 1. The molecule has 40 heavy (non-hydrogen) atoms. The molecule has 3 amide bonds. The van der Waals surface area contributed by atoms with E-state index >= 15 is 0 Å². The van der Waals surface area contributed by atoms with E-state index in [2.05, 4.69) is 47.0 Å². The first kappa shape index (κ1) is 33.1. The summed E-state index contributed by atoms with van der Waals surface area (Å²) in [5.41, 5.74) is 0.412. The second kappa shape index (κ2) is 14.5. The molecule has 224 valence electrons. The fourth-order valence-electron chi connectivity index (χ4n) is 5.07. The van der Waals surface area contributed by atoms with Gasteiger partial charge in [-0.2, -0.15) is 0 Å². The number of nitrogens with zero attached hydrogens (tertiary/aromatic N) is 3. The van der Waals surface area contributed by atoms with E-state index in [1.54, 1.807) is 7.05 Å². The molecule has 0 unspecified atom stereocenters. The van der Waals surface area contributed by atoms with Crippen LogP contribution in [0.25, 0.3) is 0 Å². The van der Waals surface area contributed by atoms with Crippen LogP contribution in [0.2, 0.25) is 13.1 Å². The molecule has 0 aliphatic carbocycles. The Morgan fingerprint density at radius 1 is 1.10 bits per heavy atom. The Hall–Kier alpha value is -3.12. The van der Waals surface area contributed by atoms with E-state index in [9.17, 15) is 24.3 Å². The van der Waals surface area contributed by atoms with Crippen molar-refractivity contribution in [3.05, 3.63) is 36.6 Å². The van der Waals surface area contributed by atoms with Crippen LogP contribution in [0, 0.1) is 17.3 Å². The van der Waals surface area contributed by atoms with Gasteiger partial charge in [0.1, 0.15) is 18.9 Å². The molecule has 11 nitrogen and oxygen atoms in total. The maximum atomic E-state index is 13.4. The molecule has 0 radical (unpaired) electrons. The van der Waals surface area contributed by atoms with Gasteiger partial charge in [0.05, 0.1) is 12.0 Å². The predicted octanol–water partition coefficient (Wildman–Crippen LogP) is 3.49. The van der Waals surface area contributed by atoms with Crippen LogP contribution in [0.5, 0.6) is 0 Å². The van der Waals surface area contributed by atoms with E-state index in [1.165, 1.54) is 26.9 Å².